The van der Waals surface area contributed by atoms with E-state index in [0.717, 1.165) is 0 Å². The SMILES string of the molecule is CC1=CC=CC(C)(Br)C1N=CN(C)C. The molecule has 3 heteroatoms. The van der Waals surface area contributed by atoms with Gasteiger partial charge in [0, 0.05) is 14.1 Å². The van der Waals surface area contributed by atoms with E-state index < -0.39 is 0 Å². The monoisotopic (exact) mass is 256 g/mol. The second kappa shape index (κ2) is 4.30. The van der Waals surface area contributed by atoms with Crippen molar-refractivity contribution in [2.45, 2.75) is 24.2 Å². The lowest BCUT2D eigenvalue weighted by atomic mass is 9.91. The lowest BCUT2D eigenvalue weighted by molar-refractivity contribution is 0.608. The van der Waals surface area contributed by atoms with Gasteiger partial charge in [0.05, 0.1) is 16.7 Å². The summed E-state index contributed by atoms with van der Waals surface area (Å²) in [5.74, 6) is 0. The summed E-state index contributed by atoms with van der Waals surface area (Å²) in [5.41, 5.74) is 1.28. The first-order chi connectivity index (χ1) is 6.43. The molecule has 0 aromatic rings. The fourth-order valence-electron chi connectivity index (χ4n) is 1.48. The zero-order chi connectivity index (χ0) is 10.8. The summed E-state index contributed by atoms with van der Waals surface area (Å²) in [6.45, 7) is 4.25. The zero-order valence-corrected chi connectivity index (χ0v) is 10.7. The summed E-state index contributed by atoms with van der Waals surface area (Å²) >= 11 is 3.69. The highest BCUT2D eigenvalue weighted by atomic mass is 79.9. The van der Waals surface area contributed by atoms with Gasteiger partial charge < -0.3 is 4.90 Å². The van der Waals surface area contributed by atoms with Crippen molar-refractivity contribution in [1.29, 1.82) is 0 Å². The lowest BCUT2D eigenvalue weighted by Gasteiger charge is -2.30. The van der Waals surface area contributed by atoms with Gasteiger partial charge in [-0.3, -0.25) is 4.99 Å². The van der Waals surface area contributed by atoms with Crippen molar-refractivity contribution < 1.29 is 0 Å². The molecule has 0 saturated heterocycles. The second-order valence-electron chi connectivity index (χ2n) is 4.05. The zero-order valence-electron chi connectivity index (χ0n) is 9.16. The molecule has 1 aliphatic carbocycles. The number of halogens is 1. The average Bonchev–Trinajstić information content (AvgIpc) is 2.01. The van der Waals surface area contributed by atoms with Gasteiger partial charge in [-0.2, -0.15) is 0 Å². The van der Waals surface area contributed by atoms with Crippen LogP contribution in [0.4, 0.5) is 0 Å². The summed E-state index contributed by atoms with van der Waals surface area (Å²) in [4.78, 5) is 6.50. The maximum absolute atomic E-state index is 4.55. The third kappa shape index (κ3) is 2.71. The van der Waals surface area contributed by atoms with Crippen LogP contribution in [-0.4, -0.2) is 35.7 Å². The molecule has 2 nitrogen and oxygen atoms in total. The Kier molecular flexibility index (Phi) is 3.53. The quantitative estimate of drug-likeness (QED) is 0.422. The number of nitrogens with zero attached hydrogens (tertiary/aromatic N) is 2. The first kappa shape index (κ1) is 11.5. The molecule has 2 unspecified atom stereocenters. The topological polar surface area (TPSA) is 15.6 Å². The normalized spacial score (nSPS) is 32.1. The molecule has 0 heterocycles. The Morgan fingerprint density at radius 1 is 1.57 bits per heavy atom. The molecule has 0 fully saturated rings. The fraction of sp³-hybridized carbons (Fsp3) is 0.545. The maximum atomic E-state index is 4.55. The molecule has 0 N–H and O–H groups in total. The molecule has 0 radical (unpaired) electrons. The van der Waals surface area contributed by atoms with Gasteiger partial charge >= 0.3 is 0 Å². The van der Waals surface area contributed by atoms with E-state index in [1.54, 1.807) is 0 Å². The Labute approximate surface area is 94.5 Å². The third-order valence-electron chi connectivity index (χ3n) is 2.19. The van der Waals surface area contributed by atoms with Gasteiger partial charge in [0.2, 0.25) is 0 Å². The van der Waals surface area contributed by atoms with Crippen LogP contribution < -0.4 is 0 Å². The second-order valence-corrected chi connectivity index (χ2v) is 5.76. The predicted octanol–water partition coefficient (Wildman–Crippen LogP) is 2.61. The first-order valence-electron chi connectivity index (χ1n) is 4.68. The Morgan fingerprint density at radius 3 is 2.71 bits per heavy atom. The molecule has 1 rings (SSSR count). The summed E-state index contributed by atoms with van der Waals surface area (Å²) in [6.07, 6.45) is 8.19. The summed E-state index contributed by atoms with van der Waals surface area (Å²) in [6, 6.07) is 0.190. The van der Waals surface area contributed by atoms with Gasteiger partial charge in [0.1, 0.15) is 0 Å². The molecule has 0 amide bonds. The van der Waals surface area contributed by atoms with E-state index >= 15 is 0 Å². The molecule has 14 heavy (non-hydrogen) atoms. The van der Waals surface area contributed by atoms with Crippen LogP contribution in [0.1, 0.15) is 13.8 Å². The number of alkyl halides is 1. The Bertz CT molecular complexity index is 288. The molecule has 2 atom stereocenters. The Morgan fingerprint density at radius 2 is 2.21 bits per heavy atom. The number of aliphatic imine (C=N–C) groups is 1. The van der Waals surface area contributed by atoms with Gasteiger partial charge in [-0.25, -0.2) is 0 Å². The molecule has 0 aromatic carbocycles. The fourth-order valence-corrected chi connectivity index (χ4v) is 2.11. The molecular weight excluding hydrogens is 240 g/mol. The number of hydrogen-bond acceptors (Lipinski definition) is 1. The lowest BCUT2D eigenvalue weighted by Crippen LogP contribution is -2.33. The van der Waals surface area contributed by atoms with E-state index in [0.29, 0.717) is 0 Å². The van der Waals surface area contributed by atoms with E-state index in [1.807, 2.05) is 25.3 Å². The third-order valence-corrected chi connectivity index (χ3v) is 2.89. The highest BCUT2D eigenvalue weighted by Gasteiger charge is 2.31. The van der Waals surface area contributed by atoms with E-state index in [2.05, 4.69) is 53.0 Å². The van der Waals surface area contributed by atoms with Crippen LogP contribution in [0.2, 0.25) is 0 Å². The van der Waals surface area contributed by atoms with Crippen LogP contribution in [-0.2, 0) is 0 Å². The first-order valence-corrected chi connectivity index (χ1v) is 5.47. The minimum absolute atomic E-state index is 0.0572. The maximum Gasteiger partial charge on any atom is 0.0912 e. The van der Waals surface area contributed by atoms with E-state index in [1.165, 1.54) is 5.57 Å². The standard InChI is InChI=1S/C11H17BrN2/c1-9-6-5-7-11(2,12)10(9)13-8-14(3)4/h5-8,10H,1-4H3. The van der Waals surface area contributed by atoms with E-state index in [4.69, 9.17) is 0 Å². The van der Waals surface area contributed by atoms with Gasteiger partial charge in [0.25, 0.3) is 0 Å². The van der Waals surface area contributed by atoms with Crippen LogP contribution in [0.5, 0.6) is 0 Å². The van der Waals surface area contributed by atoms with Crippen LogP contribution in [0.15, 0.2) is 28.8 Å². The Hall–Kier alpha value is -0.570. The highest BCUT2D eigenvalue weighted by Crippen LogP contribution is 2.33. The summed E-state index contributed by atoms with van der Waals surface area (Å²) in [7, 11) is 3.96. The van der Waals surface area contributed by atoms with Gasteiger partial charge in [0.15, 0.2) is 0 Å². The minimum atomic E-state index is -0.0572. The molecule has 0 spiro atoms. The van der Waals surface area contributed by atoms with Crippen LogP contribution in [0.25, 0.3) is 0 Å². The molecule has 0 saturated carbocycles. The largest absolute Gasteiger partial charge is 0.369 e. The number of rotatable bonds is 2. The van der Waals surface area contributed by atoms with Crippen molar-refractivity contribution in [2.24, 2.45) is 4.99 Å². The van der Waals surface area contributed by atoms with Crippen molar-refractivity contribution in [3.8, 4) is 0 Å². The molecule has 0 aliphatic heterocycles. The van der Waals surface area contributed by atoms with Crippen molar-refractivity contribution in [3.05, 3.63) is 23.8 Å². The summed E-state index contributed by atoms with van der Waals surface area (Å²) < 4.78 is -0.0572. The van der Waals surface area contributed by atoms with E-state index in [-0.39, 0.29) is 10.4 Å². The number of allylic oxidation sites excluding steroid dienone is 2. The molecule has 0 aromatic heterocycles. The average molecular weight is 257 g/mol. The van der Waals surface area contributed by atoms with Crippen molar-refractivity contribution >= 4 is 22.3 Å². The van der Waals surface area contributed by atoms with Crippen LogP contribution in [0.3, 0.4) is 0 Å². The molecule has 0 bridgehead atoms. The molecular formula is C11H17BrN2. The number of hydrogen-bond donors (Lipinski definition) is 0. The van der Waals surface area contributed by atoms with Gasteiger partial charge in [-0.1, -0.05) is 34.2 Å². The van der Waals surface area contributed by atoms with Crippen molar-refractivity contribution in [1.82, 2.24) is 4.90 Å². The van der Waals surface area contributed by atoms with Gasteiger partial charge in [-0.15, -0.1) is 0 Å². The van der Waals surface area contributed by atoms with Gasteiger partial charge in [-0.05, 0) is 19.4 Å². The van der Waals surface area contributed by atoms with Crippen LogP contribution in [0, 0.1) is 0 Å². The highest BCUT2D eigenvalue weighted by molar-refractivity contribution is 9.10. The molecule has 1 aliphatic rings. The molecule has 78 valence electrons. The minimum Gasteiger partial charge on any atom is -0.369 e. The Balaban J connectivity index is 2.85. The predicted molar refractivity (Wildman–Crippen MR) is 66.2 cm³/mol. The van der Waals surface area contributed by atoms with Crippen molar-refractivity contribution in [2.75, 3.05) is 14.1 Å². The van der Waals surface area contributed by atoms with Crippen molar-refractivity contribution in [3.63, 3.8) is 0 Å². The van der Waals surface area contributed by atoms with E-state index in [9.17, 15) is 0 Å². The smallest absolute Gasteiger partial charge is 0.0912 e. The summed E-state index contributed by atoms with van der Waals surface area (Å²) in [5, 5.41) is 0. The van der Waals surface area contributed by atoms with Crippen LogP contribution >= 0.6 is 15.9 Å².